The number of rotatable bonds is 11. The number of carbonyl (C=O) groups excluding carboxylic acids is 2. The Bertz CT molecular complexity index is 1200. The molecule has 0 aromatic heterocycles. The Hall–Kier alpha value is -3.47. The van der Waals surface area contributed by atoms with Gasteiger partial charge in [-0.1, -0.05) is 12.1 Å². The smallest absolute Gasteiger partial charge is 0.244 e. The molecule has 0 saturated carbocycles. The summed E-state index contributed by atoms with van der Waals surface area (Å²) < 4.78 is 43.1. The highest BCUT2D eigenvalue weighted by Gasteiger charge is 2.32. The molecule has 10 nitrogen and oxygen atoms in total. The summed E-state index contributed by atoms with van der Waals surface area (Å²) in [5.74, 6) is 0.420. The van der Waals surface area contributed by atoms with Gasteiger partial charge in [0.1, 0.15) is 18.3 Å². The van der Waals surface area contributed by atoms with E-state index in [-0.39, 0.29) is 36.7 Å². The third-order valence-electron chi connectivity index (χ3n) is 5.71. The molecule has 0 fully saturated rings. The summed E-state index contributed by atoms with van der Waals surface area (Å²) in [6.07, 6.45) is 0. The predicted octanol–water partition coefficient (Wildman–Crippen LogP) is 2.52. The molecule has 196 valence electrons. The monoisotopic (exact) mass is 519 g/mol. The molecule has 0 aliphatic carbocycles. The number of benzene rings is 2. The molecule has 2 amide bonds. The van der Waals surface area contributed by atoms with Gasteiger partial charge in [-0.3, -0.25) is 13.9 Å². The molecule has 2 aromatic rings. The number of hydrogen-bond donors (Lipinski definition) is 1. The van der Waals surface area contributed by atoms with Crippen LogP contribution in [0.15, 0.2) is 42.5 Å². The van der Waals surface area contributed by atoms with Gasteiger partial charge >= 0.3 is 0 Å². The molecule has 0 bridgehead atoms. The molecule has 1 atom stereocenters. The van der Waals surface area contributed by atoms with Crippen molar-refractivity contribution in [3.63, 3.8) is 0 Å². The molecule has 2 aromatic carbocycles. The molecule has 0 spiro atoms. The molecular formula is C25H33N3O7S. The number of nitrogens with one attached hydrogen (secondary N) is 1. The van der Waals surface area contributed by atoms with Gasteiger partial charge in [-0.25, -0.2) is 8.42 Å². The van der Waals surface area contributed by atoms with Crippen LogP contribution in [-0.4, -0.2) is 63.4 Å². The summed E-state index contributed by atoms with van der Waals surface area (Å²) in [7, 11) is -2.30. The Morgan fingerprint density at radius 2 is 1.81 bits per heavy atom. The van der Waals surface area contributed by atoms with Crippen LogP contribution < -0.4 is 23.8 Å². The highest BCUT2D eigenvalue weighted by Crippen LogP contribution is 2.36. The zero-order chi connectivity index (χ0) is 26.5. The van der Waals surface area contributed by atoms with Crippen molar-refractivity contribution in [2.24, 2.45) is 0 Å². The first-order chi connectivity index (χ1) is 17.1. The van der Waals surface area contributed by atoms with Gasteiger partial charge in [-0.05, 0) is 57.5 Å². The fourth-order valence-corrected chi connectivity index (χ4v) is 4.77. The summed E-state index contributed by atoms with van der Waals surface area (Å²) in [5.41, 5.74) is 1.01. The number of anilines is 1. The number of amides is 2. The van der Waals surface area contributed by atoms with Crippen molar-refractivity contribution in [3.8, 4) is 17.2 Å². The van der Waals surface area contributed by atoms with Gasteiger partial charge in [0.05, 0.1) is 18.6 Å². The zero-order valence-corrected chi connectivity index (χ0v) is 22.0. The second-order valence-corrected chi connectivity index (χ2v) is 10.8. The number of fused-ring (bicyclic) bond motifs is 1. The number of hydrogen-bond acceptors (Lipinski definition) is 7. The van der Waals surface area contributed by atoms with E-state index in [1.807, 2.05) is 19.9 Å². The van der Waals surface area contributed by atoms with Crippen molar-refractivity contribution in [1.82, 2.24) is 10.2 Å². The highest BCUT2D eigenvalue weighted by atomic mass is 32.2. The average molecular weight is 520 g/mol. The van der Waals surface area contributed by atoms with E-state index in [2.05, 4.69) is 5.32 Å². The molecule has 0 radical (unpaired) electrons. The van der Waals surface area contributed by atoms with Crippen LogP contribution in [0.5, 0.6) is 17.2 Å². The van der Waals surface area contributed by atoms with Crippen LogP contribution in [0.3, 0.4) is 0 Å². The number of ether oxygens (including phenoxy) is 3. The Labute approximate surface area is 212 Å². The van der Waals surface area contributed by atoms with Gasteiger partial charge in [-0.15, -0.1) is 0 Å². The molecule has 1 aliphatic heterocycles. The zero-order valence-electron chi connectivity index (χ0n) is 21.2. The molecule has 0 saturated heterocycles. The molecular weight excluding hydrogens is 486 g/mol. The van der Waals surface area contributed by atoms with Crippen molar-refractivity contribution < 1.29 is 32.2 Å². The van der Waals surface area contributed by atoms with Crippen molar-refractivity contribution in [1.29, 1.82) is 0 Å². The van der Waals surface area contributed by atoms with Gasteiger partial charge in [0.2, 0.25) is 28.6 Å². The lowest BCUT2D eigenvalue weighted by Crippen LogP contribution is -2.52. The van der Waals surface area contributed by atoms with E-state index in [1.165, 1.54) is 17.9 Å². The fraction of sp³-hybridized carbons (Fsp3) is 0.440. The van der Waals surface area contributed by atoms with Crippen LogP contribution in [0.25, 0.3) is 0 Å². The number of carbonyl (C=O) groups is 2. The fourth-order valence-electron chi connectivity index (χ4n) is 3.72. The van der Waals surface area contributed by atoms with E-state index >= 15 is 0 Å². The first-order valence-electron chi connectivity index (χ1n) is 11.7. The normalized spacial score (nSPS) is 13.3. The van der Waals surface area contributed by atoms with Crippen LogP contribution in [0.2, 0.25) is 0 Å². The Balaban J connectivity index is 1.95. The third-order valence-corrected chi connectivity index (χ3v) is 7.45. The highest BCUT2D eigenvalue weighted by molar-refractivity contribution is 7.92. The van der Waals surface area contributed by atoms with Crippen LogP contribution in [0, 0.1) is 0 Å². The van der Waals surface area contributed by atoms with Crippen LogP contribution >= 0.6 is 0 Å². The summed E-state index contributed by atoms with van der Waals surface area (Å²) in [4.78, 5) is 27.9. The lowest BCUT2D eigenvalue weighted by atomic mass is 10.1. The maximum absolute atomic E-state index is 13.7. The topological polar surface area (TPSA) is 114 Å². The maximum atomic E-state index is 13.7. The van der Waals surface area contributed by atoms with Gasteiger partial charge in [0.25, 0.3) is 0 Å². The van der Waals surface area contributed by atoms with Crippen LogP contribution in [-0.2, 0) is 26.2 Å². The molecule has 36 heavy (non-hydrogen) atoms. The summed E-state index contributed by atoms with van der Waals surface area (Å²) in [6.45, 7) is 6.42. The van der Waals surface area contributed by atoms with Crippen LogP contribution in [0.1, 0.15) is 33.3 Å². The van der Waals surface area contributed by atoms with Crippen molar-refractivity contribution >= 4 is 27.5 Å². The molecule has 1 aliphatic rings. The van der Waals surface area contributed by atoms with E-state index in [0.717, 1.165) is 9.87 Å². The molecule has 1 unspecified atom stereocenters. The number of nitrogens with zero attached hydrogens (tertiary/aromatic N) is 2. The van der Waals surface area contributed by atoms with Crippen molar-refractivity contribution in [2.75, 3.05) is 30.5 Å². The minimum Gasteiger partial charge on any atom is -0.497 e. The maximum Gasteiger partial charge on any atom is 0.244 e. The lowest BCUT2D eigenvalue weighted by Gasteiger charge is -2.32. The van der Waals surface area contributed by atoms with Gasteiger partial charge in [-0.2, -0.15) is 0 Å². The lowest BCUT2D eigenvalue weighted by molar-refractivity contribution is -0.139. The van der Waals surface area contributed by atoms with Gasteiger partial charge < -0.3 is 24.4 Å². The van der Waals surface area contributed by atoms with Gasteiger partial charge in [0.15, 0.2) is 11.5 Å². The summed E-state index contributed by atoms with van der Waals surface area (Å²) in [6, 6.07) is 10.9. The minimum atomic E-state index is -3.84. The van der Waals surface area contributed by atoms with Crippen molar-refractivity contribution in [2.45, 2.75) is 46.3 Å². The average Bonchev–Trinajstić information content (AvgIpc) is 3.32. The SMILES string of the molecule is CCS(=O)(=O)N(CC(=O)N(Cc1cccc(OC)c1)C(C)C(=O)NC(C)C)c1ccc2c(c1)OCO2. The second kappa shape index (κ2) is 11.5. The quantitative estimate of drug-likeness (QED) is 0.485. The first kappa shape index (κ1) is 27.1. The minimum absolute atomic E-state index is 0.0367. The second-order valence-electron chi connectivity index (χ2n) is 8.66. The number of sulfonamides is 1. The van der Waals surface area contributed by atoms with E-state index in [0.29, 0.717) is 17.2 Å². The molecule has 11 heteroatoms. The Kier molecular flexibility index (Phi) is 8.67. The predicted molar refractivity (Wildman–Crippen MR) is 136 cm³/mol. The van der Waals surface area contributed by atoms with E-state index < -0.39 is 28.5 Å². The van der Waals surface area contributed by atoms with Crippen LogP contribution in [0.4, 0.5) is 5.69 Å². The van der Waals surface area contributed by atoms with Crippen molar-refractivity contribution in [3.05, 3.63) is 48.0 Å². The van der Waals surface area contributed by atoms with E-state index in [4.69, 9.17) is 14.2 Å². The summed E-state index contributed by atoms with van der Waals surface area (Å²) >= 11 is 0. The largest absolute Gasteiger partial charge is 0.497 e. The third kappa shape index (κ3) is 6.39. The Morgan fingerprint density at radius 3 is 2.47 bits per heavy atom. The first-order valence-corrected chi connectivity index (χ1v) is 13.3. The van der Waals surface area contributed by atoms with Gasteiger partial charge in [0, 0.05) is 18.7 Å². The molecule has 1 heterocycles. The van der Waals surface area contributed by atoms with E-state index in [1.54, 1.807) is 44.4 Å². The molecule has 3 rings (SSSR count). The molecule has 1 N–H and O–H groups in total. The van der Waals surface area contributed by atoms with E-state index in [9.17, 15) is 18.0 Å². The summed E-state index contributed by atoms with van der Waals surface area (Å²) in [5, 5.41) is 2.82. The number of methoxy groups -OCH3 is 1. The Morgan fingerprint density at radius 1 is 1.08 bits per heavy atom. The standard InChI is InChI=1S/C25H33N3O7S/c1-6-36(31,32)28(20-10-11-22-23(13-20)35-16-34-22)15-24(29)27(18(4)25(30)26-17(2)3)14-19-8-7-9-21(12-19)33-5/h7-13,17-18H,6,14-16H2,1-5H3,(H,26,30).